The Hall–Kier alpha value is -0.500. The van der Waals surface area contributed by atoms with Crippen LogP contribution in [0.3, 0.4) is 0 Å². The molecule has 1 aromatic carbocycles. The molecule has 0 unspecified atom stereocenters. The Morgan fingerprint density at radius 2 is 2.00 bits per heavy atom. The minimum absolute atomic E-state index is 0.0682. The Bertz CT molecular complexity index is 645. The van der Waals surface area contributed by atoms with Gasteiger partial charge in [0, 0.05) is 23.3 Å². The number of methoxy groups -OCH3 is 1. The van der Waals surface area contributed by atoms with Gasteiger partial charge in [-0.3, -0.25) is 0 Å². The van der Waals surface area contributed by atoms with Crippen LogP contribution in [0.1, 0.15) is 18.4 Å². The zero-order chi connectivity index (χ0) is 15.8. The van der Waals surface area contributed by atoms with E-state index >= 15 is 0 Å². The summed E-state index contributed by atoms with van der Waals surface area (Å²) >= 11 is 8.56. The largest absolute Gasteiger partial charge is 0.393 e. The molecule has 21 heavy (non-hydrogen) atoms. The lowest BCUT2D eigenvalue weighted by molar-refractivity contribution is 0.166. The summed E-state index contributed by atoms with van der Waals surface area (Å²) in [6.45, 7) is 1.86. The SMILES string of the molecule is CCS(=O)(=O)[C@@H]1[C@H](c2ccc(Br)cc2)[C@@]1(COC)C(N)=S. The van der Waals surface area contributed by atoms with Crippen LogP contribution in [0.15, 0.2) is 28.7 Å². The summed E-state index contributed by atoms with van der Waals surface area (Å²) in [4.78, 5) is 0.208. The second-order valence-electron chi connectivity index (χ2n) is 5.24. The van der Waals surface area contributed by atoms with E-state index in [9.17, 15) is 8.42 Å². The van der Waals surface area contributed by atoms with Crippen LogP contribution < -0.4 is 5.73 Å². The van der Waals surface area contributed by atoms with Crippen LogP contribution in [-0.4, -0.2) is 38.1 Å². The zero-order valence-electron chi connectivity index (χ0n) is 11.9. The molecule has 0 aromatic heterocycles. The van der Waals surface area contributed by atoms with Crippen LogP contribution in [0.4, 0.5) is 0 Å². The number of halogens is 1. The maximum absolute atomic E-state index is 12.4. The van der Waals surface area contributed by atoms with Gasteiger partial charge >= 0.3 is 0 Å². The van der Waals surface area contributed by atoms with Crippen molar-refractivity contribution in [3.05, 3.63) is 34.3 Å². The Labute approximate surface area is 139 Å². The van der Waals surface area contributed by atoms with Gasteiger partial charge in [-0.2, -0.15) is 0 Å². The number of rotatable bonds is 6. The van der Waals surface area contributed by atoms with Gasteiger partial charge in [-0.05, 0) is 17.7 Å². The molecule has 0 spiro atoms. The molecule has 2 N–H and O–H groups in total. The molecule has 3 atom stereocenters. The molecule has 0 amide bonds. The summed E-state index contributed by atoms with van der Waals surface area (Å²) < 4.78 is 31.0. The Kier molecular flexibility index (Phi) is 4.78. The first-order valence-electron chi connectivity index (χ1n) is 6.57. The van der Waals surface area contributed by atoms with E-state index in [0.717, 1.165) is 10.0 Å². The van der Waals surface area contributed by atoms with Gasteiger partial charge in [-0.1, -0.05) is 47.2 Å². The molecular formula is C14H18BrNO3S2. The second-order valence-corrected chi connectivity index (χ2v) is 9.01. The molecule has 0 saturated heterocycles. The van der Waals surface area contributed by atoms with E-state index in [1.165, 1.54) is 7.11 Å². The Morgan fingerprint density at radius 3 is 2.43 bits per heavy atom. The molecular weight excluding hydrogens is 374 g/mol. The third-order valence-corrected chi connectivity index (χ3v) is 7.30. The maximum Gasteiger partial charge on any atom is 0.154 e. The molecule has 0 bridgehead atoms. The van der Waals surface area contributed by atoms with Gasteiger partial charge in [0.1, 0.15) is 0 Å². The summed E-state index contributed by atoms with van der Waals surface area (Å²) in [5, 5.41) is -0.603. The fraction of sp³-hybridized carbons (Fsp3) is 0.500. The van der Waals surface area contributed by atoms with Crippen LogP contribution in [-0.2, 0) is 14.6 Å². The summed E-state index contributed by atoms with van der Waals surface area (Å²) in [6.07, 6.45) is 0. The number of thiocarbonyl (C=S) groups is 1. The lowest BCUT2D eigenvalue weighted by Crippen LogP contribution is -2.33. The molecule has 2 rings (SSSR count). The monoisotopic (exact) mass is 391 g/mol. The van der Waals surface area contributed by atoms with E-state index in [1.54, 1.807) is 6.92 Å². The first-order chi connectivity index (χ1) is 9.81. The highest BCUT2D eigenvalue weighted by Crippen LogP contribution is 2.63. The van der Waals surface area contributed by atoms with Crippen molar-refractivity contribution in [3.63, 3.8) is 0 Å². The van der Waals surface area contributed by atoms with Crippen LogP contribution >= 0.6 is 28.1 Å². The summed E-state index contributed by atoms with van der Waals surface area (Å²) in [6, 6.07) is 7.59. The van der Waals surface area contributed by atoms with Crippen LogP contribution in [0, 0.1) is 5.41 Å². The van der Waals surface area contributed by atoms with Gasteiger partial charge < -0.3 is 10.5 Å². The highest BCUT2D eigenvalue weighted by atomic mass is 79.9. The molecule has 7 heteroatoms. The van der Waals surface area contributed by atoms with Crippen molar-refractivity contribution in [2.24, 2.45) is 11.1 Å². The molecule has 0 aliphatic heterocycles. The van der Waals surface area contributed by atoms with E-state index in [0.29, 0.717) is 0 Å². The van der Waals surface area contributed by atoms with E-state index in [4.69, 9.17) is 22.7 Å². The molecule has 1 aromatic rings. The second kappa shape index (κ2) is 5.95. The molecule has 1 fully saturated rings. The third kappa shape index (κ3) is 2.76. The molecule has 1 saturated carbocycles. The van der Waals surface area contributed by atoms with Crippen molar-refractivity contribution in [1.82, 2.24) is 0 Å². The number of sulfone groups is 1. The predicted molar refractivity (Wildman–Crippen MR) is 91.2 cm³/mol. The van der Waals surface area contributed by atoms with Gasteiger partial charge in [0.15, 0.2) is 9.84 Å². The molecule has 4 nitrogen and oxygen atoms in total. The van der Waals surface area contributed by atoms with E-state index in [-0.39, 0.29) is 23.3 Å². The van der Waals surface area contributed by atoms with Crippen LogP contribution in [0.25, 0.3) is 0 Å². The molecule has 0 heterocycles. The summed E-state index contributed by atoms with van der Waals surface area (Å²) in [5.41, 5.74) is 6.02. The van der Waals surface area contributed by atoms with Crippen molar-refractivity contribution in [3.8, 4) is 0 Å². The minimum Gasteiger partial charge on any atom is -0.393 e. The third-order valence-electron chi connectivity index (χ3n) is 4.12. The fourth-order valence-corrected chi connectivity index (χ4v) is 5.76. The fourth-order valence-electron chi connectivity index (χ4n) is 3.03. The van der Waals surface area contributed by atoms with Crippen molar-refractivity contribution in [2.75, 3.05) is 19.5 Å². The molecule has 1 aliphatic carbocycles. The van der Waals surface area contributed by atoms with E-state index < -0.39 is 20.5 Å². The van der Waals surface area contributed by atoms with Crippen molar-refractivity contribution in [2.45, 2.75) is 18.1 Å². The summed E-state index contributed by atoms with van der Waals surface area (Å²) in [7, 11) is -1.73. The van der Waals surface area contributed by atoms with Gasteiger partial charge in [0.25, 0.3) is 0 Å². The van der Waals surface area contributed by atoms with Crippen LogP contribution in [0.5, 0.6) is 0 Å². The Balaban J connectivity index is 2.51. The first kappa shape index (κ1) is 16.9. The topological polar surface area (TPSA) is 69.4 Å². The number of ether oxygens (including phenoxy) is 1. The lowest BCUT2D eigenvalue weighted by atomic mass is 10.00. The highest BCUT2D eigenvalue weighted by Gasteiger charge is 2.72. The van der Waals surface area contributed by atoms with Crippen molar-refractivity contribution >= 4 is 43.0 Å². The Morgan fingerprint density at radius 1 is 1.43 bits per heavy atom. The average molecular weight is 392 g/mol. The standard InChI is InChI=1S/C14H18BrNO3S2/c1-3-21(17,18)12-11(9-4-6-10(15)7-5-9)14(12,8-19-2)13(16)20/h4-7,11-12H,3,8H2,1-2H3,(H2,16,20)/t11-,12+,14+/m0/s1. The van der Waals surface area contributed by atoms with Crippen molar-refractivity contribution < 1.29 is 13.2 Å². The smallest absolute Gasteiger partial charge is 0.154 e. The quantitative estimate of drug-likeness (QED) is 0.753. The normalized spacial score (nSPS) is 28.3. The molecule has 116 valence electrons. The zero-order valence-corrected chi connectivity index (χ0v) is 15.1. The van der Waals surface area contributed by atoms with E-state index in [1.807, 2.05) is 24.3 Å². The van der Waals surface area contributed by atoms with Crippen molar-refractivity contribution in [1.29, 1.82) is 0 Å². The van der Waals surface area contributed by atoms with Gasteiger partial charge in [0.05, 0.1) is 22.3 Å². The number of nitrogens with two attached hydrogens (primary N) is 1. The van der Waals surface area contributed by atoms with Gasteiger partial charge in [-0.15, -0.1) is 0 Å². The molecule has 1 aliphatic rings. The van der Waals surface area contributed by atoms with Crippen LogP contribution in [0.2, 0.25) is 0 Å². The highest BCUT2D eigenvalue weighted by molar-refractivity contribution is 9.10. The minimum atomic E-state index is -3.27. The first-order valence-corrected chi connectivity index (χ1v) is 9.48. The average Bonchev–Trinajstić information content (AvgIpc) is 3.11. The lowest BCUT2D eigenvalue weighted by Gasteiger charge is -2.15. The predicted octanol–water partition coefficient (Wildman–Crippen LogP) is 2.27. The number of hydrogen-bond donors (Lipinski definition) is 1. The molecule has 0 radical (unpaired) electrons. The summed E-state index contributed by atoms with van der Waals surface area (Å²) in [5.74, 6) is -0.174. The van der Waals surface area contributed by atoms with Gasteiger partial charge in [-0.25, -0.2) is 8.42 Å². The van der Waals surface area contributed by atoms with Gasteiger partial charge in [0.2, 0.25) is 0 Å². The maximum atomic E-state index is 12.4. The van der Waals surface area contributed by atoms with E-state index in [2.05, 4.69) is 15.9 Å². The number of hydrogen-bond acceptors (Lipinski definition) is 4. The number of benzene rings is 1.